The van der Waals surface area contributed by atoms with Gasteiger partial charge in [-0.1, -0.05) is 0 Å². The van der Waals surface area contributed by atoms with Crippen LogP contribution < -0.4 is 14.8 Å². The molecule has 0 atom stereocenters. The summed E-state index contributed by atoms with van der Waals surface area (Å²) in [5.41, 5.74) is 0.864. The van der Waals surface area contributed by atoms with Crippen LogP contribution in [0.2, 0.25) is 0 Å². The Labute approximate surface area is 157 Å². The van der Waals surface area contributed by atoms with Gasteiger partial charge in [-0.05, 0) is 64.5 Å². The molecule has 0 radical (unpaired) electrons. The number of carbonyl (C=O) groups is 1. The first kappa shape index (κ1) is 17.7. The van der Waals surface area contributed by atoms with Gasteiger partial charge in [0.15, 0.2) is 0 Å². The summed E-state index contributed by atoms with van der Waals surface area (Å²) < 4.78 is 11.5. The quantitative estimate of drug-likeness (QED) is 0.612. The molecule has 0 spiro atoms. The number of carboxylic acid groups (broad SMARTS) is 1. The number of ether oxygens (including phenoxy) is 2. The Morgan fingerprint density at radius 3 is 2.35 bits per heavy atom. The fourth-order valence-electron chi connectivity index (χ4n) is 2.06. The van der Waals surface area contributed by atoms with Crippen molar-refractivity contribution in [1.29, 1.82) is 0 Å². The number of hydrogen-bond acceptors (Lipinski definition) is 6. The lowest BCUT2D eigenvalue weighted by molar-refractivity contribution is 0.0697. The van der Waals surface area contributed by atoms with Crippen molar-refractivity contribution >= 4 is 33.5 Å². The zero-order valence-electron chi connectivity index (χ0n) is 13.6. The van der Waals surface area contributed by atoms with Crippen LogP contribution in [0, 0.1) is 0 Å². The van der Waals surface area contributed by atoms with E-state index in [1.54, 1.807) is 49.7 Å². The first-order valence-corrected chi connectivity index (χ1v) is 8.29. The van der Waals surface area contributed by atoms with Crippen LogP contribution in [0.25, 0.3) is 0 Å². The van der Waals surface area contributed by atoms with Gasteiger partial charge in [-0.3, -0.25) is 0 Å². The molecule has 3 rings (SSSR count). The first-order valence-electron chi connectivity index (χ1n) is 7.50. The summed E-state index contributed by atoms with van der Waals surface area (Å²) in [5.74, 6) is 1.01. The Morgan fingerprint density at radius 2 is 1.73 bits per heavy atom. The molecule has 8 heteroatoms. The molecule has 3 aromatic rings. The van der Waals surface area contributed by atoms with Crippen molar-refractivity contribution in [2.24, 2.45) is 0 Å². The van der Waals surface area contributed by atoms with Crippen molar-refractivity contribution in [3.05, 3.63) is 64.8 Å². The van der Waals surface area contributed by atoms with E-state index in [0.29, 0.717) is 27.7 Å². The van der Waals surface area contributed by atoms with Crippen molar-refractivity contribution in [2.45, 2.75) is 0 Å². The van der Waals surface area contributed by atoms with Gasteiger partial charge in [0, 0.05) is 5.69 Å². The van der Waals surface area contributed by atoms with Gasteiger partial charge in [0.2, 0.25) is 11.8 Å². The molecule has 1 heterocycles. The molecule has 26 heavy (non-hydrogen) atoms. The monoisotopic (exact) mass is 415 g/mol. The van der Waals surface area contributed by atoms with E-state index < -0.39 is 5.97 Å². The maximum absolute atomic E-state index is 10.9. The van der Waals surface area contributed by atoms with Crippen molar-refractivity contribution in [1.82, 2.24) is 9.97 Å². The number of anilines is 2. The number of hydrogen-bond donors (Lipinski definition) is 2. The molecular weight excluding hydrogens is 402 g/mol. The number of methoxy groups -OCH3 is 1. The van der Waals surface area contributed by atoms with Crippen molar-refractivity contribution < 1.29 is 19.4 Å². The Hall–Kier alpha value is -3.13. The summed E-state index contributed by atoms with van der Waals surface area (Å²) >= 11 is 3.36. The summed E-state index contributed by atoms with van der Waals surface area (Å²) in [5, 5.41) is 11.9. The molecule has 1 aromatic heterocycles. The molecule has 0 aliphatic heterocycles. The summed E-state index contributed by atoms with van der Waals surface area (Å²) in [6.07, 6.45) is 1.57. The van der Waals surface area contributed by atoms with Crippen molar-refractivity contribution in [3.8, 4) is 17.4 Å². The summed E-state index contributed by atoms with van der Waals surface area (Å²) in [6, 6.07) is 13.4. The Bertz CT molecular complexity index is 915. The number of rotatable bonds is 6. The van der Waals surface area contributed by atoms with Crippen LogP contribution in [-0.2, 0) is 0 Å². The molecule has 0 unspecified atom stereocenters. The van der Waals surface area contributed by atoms with Crippen LogP contribution in [0.15, 0.2) is 59.2 Å². The van der Waals surface area contributed by atoms with E-state index in [1.807, 2.05) is 0 Å². The van der Waals surface area contributed by atoms with Crippen LogP contribution >= 0.6 is 15.9 Å². The topological polar surface area (TPSA) is 93.6 Å². The molecular formula is C18H14BrN3O4. The predicted molar refractivity (Wildman–Crippen MR) is 99.5 cm³/mol. The molecule has 0 aliphatic rings. The maximum atomic E-state index is 10.9. The number of halogens is 1. The zero-order valence-corrected chi connectivity index (χ0v) is 15.2. The smallest absolute Gasteiger partial charge is 0.335 e. The van der Waals surface area contributed by atoms with Gasteiger partial charge in [-0.25, -0.2) is 9.78 Å². The third-order valence-corrected chi connectivity index (χ3v) is 3.92. The fourth-order valence-corrected chi connectivity index (χ4v) is 2.34. The third kappa shape index (κ3) is 4.28. The number of aromatic carboxylic acids is 1. The average molecular weight is 416 g/mol. The second kappa shape index (κ2) is 7.83. The van der Waals surface area contributed by atoms with E-state index in [4.69, 9.17) is 14.6 Å². The summed E-state index contributed by atoms with van der Waals surface area (Å²) in [6.45, 7) is 0. The molecule has 0 saturated carbocycles. The lowest BCUT2D eigenvalue weighted by Gasteiger charge is -2.10. The van der Waals surface area contributed by atoms with Gasteiger partial charge in [0.25, 0.3) is 0 Å². The van der Waals surface area contributed by atoms with Crippen LogP contribution in [-0.4, -0.2) is 28.2 Å². The van der Waals surface area contributed by atoms with Crippen LogP contribution in [0.3, 0.4) is 0 Å². The van der Waals surface area contributed by atoms with E-state index in [0.717, 1.165) is 5.75 Å². The standard InChI is InChI=1S/C18H14BrN3O4/c1-25-13-6-8-14(9-7-13)26-16-15(19)10-20-18(22-16)21-12-4-2-11(3-5-12)17(23)24/h2-10H,1H3,(H,23,24)(H,20,21,22). The first-order chi connectivity index (χ1) is 12.5. The normalized spacial score (nSPS) is 10.2. The van der Waals surface area contributed by atoms with Crippen LogP contribution in [0.1, 0.15) is 10.4 Å². The zero-order chi connectivity index (χ0) is 18.5. The third-order valence-electron chi connectivity index (χ3n) is 3.37. The number of aromatic nitrogens is 2. The Kier molecular flexibility index (Phi) is 5.33. The minimum absolute atomic E-state index is 0.204. The second-order valence-corrected chi connectivity index (χ2v) is 5.99. The van der Waals surface area contributed by atoms with E-state index in [2.05, 4.69) is 31.2 Å². The highest BCUT2D eigenvalue weighted by Crippen LogP contribution is 2.29. The Morgan fingerprint density at radius 1 is 1.08 bits per heavy atom. The van der Waals surface area contributed by atoms with Gasteiger partial charge in [-0.15, -0.1) is 0 Å². The number of nitrogens with zero attached hydrogens (tertiary/aromatic N) is 2. The van der Waals surface area contributed by atoms with E-state index >= 15 is 0 Å². The highest BCUT2D eigenvalue weighted by molar-refractivity contribution is 9.10. The molecule has 7 nitrogen and oxygen atoms in total. The van der Waals surface area contributed by atoms with Crippen molar-refractivity contribution in [2.75, 3.05) is 12.4 Å². The van der Waals surface area contributed by atoms with Gasteiger partial charge in [0.1, 0.15) is 11.5 Å². The molecule has 0 fully saturated rings. The molecule has 0 saturated heterocycles. The molecule has 2 N–H and O–H groups in total. The SMILES string of the molecule is COc1ccc(Oc2nc(Nc3ccc(C(=O)O)cc3)ncc2Br)cc1. The number of nitrogens with one attached hydrogen (secondary N) is 1. The van der Waals surface area contributed by atoms with E-state index in [1.165, 1.54) is 12.1 Å². The largest absolute Gasteiger partial charge is 0.497 e. The fraction of sp³-hybridized carbons (Fsp3) is 0.0556. The highest BCUT2D eigenvalue weighted by Gasteiger charge is 2.09. The molecule has 0 amide bonds. The molecule has 2 aromatic carbocycles. The van der Waals surface area contributed by atoms with Gasteiger partial charge < -0.3 is 19.9 Å². The maximum Gasteiger partial charge on any atom is 0.335 e. The van der Waals surface area contributed by atoms with Crippen LogP contribution in [0.5, 0.6) is 17.4 Å². The van der Waals surface area contributed by atoms with Crippen LogP contribution in [0.4, 0.5) is 11.6 Å². The Balaban J connectivity index is 1.77. The van der Waals surface area contributed by atoms with Gasteiger partial charge in [-0.2, -0.15) is 4.98 Å². The lowest BCUT2D eigenvalue weighted by atomic mass is 10.2. The lowest BCUT2D eigenvalue weighted by Crippen LogP contribution is -2.00. The predicted octanol–water partition coefficient (Wildman–Crippen LogP) is 4.48. The van der Waals surface area contributed by atoms with Gasteiger partial charge >= 0.3 is 5.97 Å². The summed E-state index contributed by atoms with van der Waals surface area (Å²) in [4.78, 5) is 19.4. The second-order valence-electron chi connectivity index (χ2n) is 5.13. The average Bonchev–Trinajstić information content (AvgIpc) is 2.65. The number of benzene rings is 2. The van der Waals surface area contributed by atoms with Crippen molar-refractivity contribution in [3.63, 3.8) is 0 Å². The van der Waals surface area contributed by atoms with E-state index in [9.17, 15) is 4.79 Å². The molecule has 0 aliphatic carbocycles. The molecule has 0 bridgehead atoms. The molecule has 132 valence electrons. The highest BCUT2D eigenvalue weighted by atomic mass is 79.9. The minimum Gasteiger partial charge on any atom is -0.497 e. The van der Waals surface area contributed by atoms with E-state index in [-0.39, 0.29) is 5.56 Å². The summed E-state index contributed by atoms with van der Waals surface area (Å²) in [7, 11) is 1.60. The number of carboxylic acids is 1. The minimum atomic E-state index is -0.980. The van der Waals surface area contributed by atoms with Gasteiger partial charge in [0.05, 0.1) is 23.3 Å².